The number of hydrogen-bond acceptors (Lipinski definition) is 3. The third-order valence-electron chi connectivity index (χ3n) is 3.32. The zero-order valence-electron chi connectivity index (χ0n) is 10.9. The first kappa shape index (κ1) is 14.0. The Kier molecular flexibility index (Phi) is 4.34. The maximum atomic E-state index is 9.09. The maximum absolute atomic E-state index is 9.09. The molecular formula is C16H15BrO2S. The van der Waals surface area contributed by atoms with Crippen LogP contribution in [0.3, 0.4) is 0 Å². The van der Waals surface area contributed by atoms with Crippen LogP contribution in [0.4, 0.5) is 0 Å². The van der Waals surface area contributed by atoms with Gasteiger partial charge in [-0.15, -0.1) is 11.8 Å². The second-order valence-corrected chi connectivity index (χ2v) is 6.98. The number of benzene rings is 2. The van der Waals surface area contributed by atoms with Gasteiger partial charge in [0, 0.05) is 10.1 Å². The Morgan fingerprint density at radius 1 is 1.25 bits per heavy atom. The average Bonchev–Trinajstić information content (AvgIpc) is 2.88. The van der Waals surface area contributed by atoms with Crippen molar-refractivity contribution in [2.45, 2.75) is 23.2 Å². The molecule has 1 aliphatic rings. The minimum atomic E-state index is 0.0483. The Hall–Kier alpha value is -0.970. The Morgan fingerprint density at radius 2 is 2.10 bits per heavy atom. The van der Waals surface area contributed by atoms with Gasteiger partial charge in [-0.3, -0.25) is 0 Å². The summed E-state index contributed by atoms with van der Waals surface area (Å²) in [7, 11) is 0. The highest BCUT2D eigenvalue weighted by molar-refractivity contribution is 9.10. The Balaban J connectivity index is 1.61. The summed E-state index contributed by atoms with van der Waals surface area (Å²) in [5.74, 6) is 0.832. The molecular weight excluding hydrogens is 336 g/mol. The van der Waals surface area contributed by atoms with Crippen LogP contribution < -0.4 is 4.74 Å². The van der Waals surface area contributed by atoms with Crippen LogP contribution in [0.2, 0.25) is 0 Å². The van der Waals surface area contributed by atoms with Gasteiger partial charge in [-0.25, -0.2) is 0 Å². The molecule has 2 aromatic carbocycles. The van der Waals surface area contributed by atoms with E-state index in [0.717, 1.165) is 22.2 Å². The van der Waals surface area contributed by atoms with E-state index < -0.39 is 0 Å². The molecule has 0 aliphatic carbocycles. The van der Waals surface area contributed by atoms with Gasteiger partial charge >= 0.3 is 0 Å². The molecule has 0 bridgehead atoms. The maximum Gasteiger partial charge on any atom is 0.133 e. The molecule has 4 heteroatoms. The van der Waals surface area contributed by atoms with E-state index in [2.05, 4.69) is 40.2 Å². The Bertz CT molecular complexity index is 590. The van der Waals surface area contributed by atoms with E-state index in [0.29, 0.717) is 11.9 Å². The summed E-state index contributed by atoms with van der Waals surface area (Å²) in [5.41, 5.74) is 2.30. The number of halogens is 1. The number of aliphatic hydroxyl groups is 1. The van der Waals surface area contributed by atoms with Crippen LogP contribution >= 0.6 is 27.7 Å². The Morgan fingerprint density at radius 3 is 2.85 bits per heavy atom. The zero-order chi connectivity index (χ0) is 13.9. The molecule has 1 unspecified atom stereocenters. The average molecular weight is 351 g/mol. The number of ether oxygens (including phenoxy) is 1. The standard InChI is InChI=1S/C16H15BrO2S/c17-14-7-11(9-18)5-6-15(14)19-10-13-8-12-3-1-2-4-16(12)20-13/h1-7,13,18H,8-10H2. The van der Waals surface area contributed by atoms with E-state index in [4.69, 9.17) is 9.84 Å². The molecule has 0 fully saturated rings. The van der Waals surface area contributed by atoms with Crippen LogP contribution in [-0.2, 0) is 13.0 Å². The van der Waals surface area contributed by atoms with Crippen LogP contribution in [0.25, 0.3) is 0 Å². The van der Waals surface area contributed by atoms with Crippen LogP contribution in [-0.4, -0.2) is 17.0 Å². The van der Waals surface area contributed by atoms with Gasteiger partial charge in [0.25, 0.3) is 0 Å². The van der Waals surface area contributed by atoms with Crippen molar-refractivity contribution in [3.8, 4) is 5.75 Å². The molecule has 0 radical (unpaired) electrons. The van der Waals surface area contributed by atoms with Crippen molar-refractivity contribution in [2.24, 2.45) is 0 Å². The van der Waals surface area contributed by atoms with Gasteiger partial charge in [0.1, 0.15) is 12.4 Å². The molecule has 0 saturated carbocycles. The topological polar surface area (TPSA) is 29.5 Å². The van der Waals surface area contributed by atoms with Crippen LogP contribution in [0.5, 0.6) is 5.75 Å². The summed E-state index contributed by atoms with van der Waals surface area (Å²) < 4.78 is 6.80. The number of thioether (sulfide) groups is 1. The van der Waals surface area contributed by atoms with E-state index in [1.807, 2.05) is 30.0 Å². The summed E-state index contributed by atoms with van der Waals surface area (Å²) in [4.78, 5) is 1.37. The van der Waals surface area contributed by atoms with E-state index >= 15 is 0 Å². The molecule has 1 heterocycles. The molecule has 0 saturated heterocycles. The molecule has 20 heavy (non-hydrogen) atoms. The largest absolute Gasteiger partial charge is 0.491 e. The minimum absolute atomic E-state index is 0.0483. The van der Waals surface area contributed by atoms with Gasteiger partial charge < -0.3 is 9.84 Å². The highest BCUT2D eigenvalue weighted by Crippen LogP contribution is 2.37. The lowest BCUT2D eigenvalue weighted by Crippen LogP contribution is -2.13. The predicted octanol–water partition coefficient (Wildman–Crippen LogP) is 4.04. The fraction of sp³-hybridized carbons (Fsp3) is 0.250. The number of rotatable bonds is 4. The molecule has 104 valence electrons. The van der Waals surface area contributed by atoms with Gasteiger partial charge in [-0.1, -0.05) is 24.3 Å². The highest BCUT2D eigenvalue weighted by atomic mass is 79.9. The molecule has 1 N–H and O–H groups in total. The minimum Gasteiger partial charge on any atom is -0.491 e. The van der Waals surface area contributed by atoms with Crippen molar-refractivity contribution < 1.29 is 9.84 Å². The second kappa shape index (κ2) is 6.20. The van der Waals surface area contributed by atoms with Crippen LogP contribution in [0, 0.1) is 0 Å². The van der Waals surface area contributed by atoms with Gasteiger partial charge in [0.15, 0.2) is 0 Å². The third kappa shape index (κ3) is 3.03. The lowest BCUT2D eigenvalue weighted by molar-refractivity contribution is 0.281. The van der Waals surface area contributed by atoms with Crippen LogP contribution in [0.15, 0.2) is 51.8 Å². The van der Waals surface area contributed by atoms with E-state index in [1.54, 1.807) is 0 Å². The summed E-state index contributed by atoms with van der Waals surface area (Å²) in [5, 5.41) is 9.56. The van der Waals surface area contributed by atoms with E-state index in [1.165, 1.54) is 10.5 Å². The fourth-order valence-corrected chi connectivity index (χ4v) is 4.05. The second-order valence-electron chi connectivity index (χ2n) is 4.79. The first-order valence-corrected chi connectivity index (χ1v) is 8.20. The monoisotopic (exact) mass is 350 g/mol. The smallest absolute Gasteiger partial charge is 0.133 e. The van der Waals surface area contributed by atoms with Crippen molar-refractivity contribution in [2.75, 3.05) is 6.61 Å². The molecule has 3 rings (SSSR count). The van der Waals surface area contributed by atoms with Gasteiger partial charge in [0.2, 0.25) is 0 Å². The molecule has 0 aromatic heterocycles. The summed E-state index contributed by atoms with van der Waals surface area (Å²) in [6, 6.07) is 14.2. The van der Waals surface area contributed by atoms with Crippen molar-refractivity contribution in [1.82, 2.24) is 0 Å². The summed E-state index contributed by atoms with van der Waals surface area (Å²) in [6.07, 6.45) is 1.06. The molecule has 1 atom stereocenters. The molecule has 2 aromatic rings. The molecule has 1 aliphatic heterocycles. The van der Waals surface area contributed by atoms with Crippen molar-refractivity contribution >= 4 is 27.7 Å². The first-order chi connectivity index (χ1) is 9.76. The zero-order valence-corrected chi connectivity index (χ0v) is 13.3. The van der Waals surface area contributed by atoms with Crippen LogP contribution in [0.1, 0.15) is 11.1 Å². The predicted molar refractivity (Wildman–Crippen MR) is 85.4 cm³/mol. The highest BCUT2D eigenvalue weighted by Gasteiger charge is 2.22. The van der Waals surface area contributed by atoms with Gasteiger partial charge in [-0.2, -0.15) is 0 Å². The Labute approximate surface area is 131 Å². The summed E-state index contributed by atoms with van der Waals surface area (Å²) >= 11 is 5.37. The van der Waals surface area contributed by atoms with E-state index in [-0.39, 0.29) is 6.61 Å². The van der Waals surface area contributed by atoms with Crippen molar-refractivity contribution in [3.05, 3.63) is 58.1 Å². The third-order valence-corrected chi connectivity index (χ3v) is 5.23. The molecule has 0 spiro atoms. The number of hydrogen-bond donors (Lipinski definition) is 1. The van der Waals surface area contributed by atoms with Gasteiger partial charge in [0.05, 0.1) is 11.1 Å². The number of aliphatic hydroxyl groups excluding tert-OH is 1. The quantitative estimate of drug-likeness (QED) is 0.902. The molecule has 2 nitrogen and oxygen atoms in total. The lowest BCUT2D eigenvalue weighted by Gasteiger charge is -2.12. The normalized spacial score (nSPS) is 17.0. The SMILES string of the molecule is OCc1ccc(OCC2Cc3ccccc3S2)c(Br)c1. The lowest BCUT2D eigenvalue weighted by atomic mass is 10.1. The first-order valence-electron chi connectivity index (χ1n) is 6.53. The fourth-order valence-electron chi connectivity index (χ4n) is 2.29. The van der Waals surface area contributed by atoms with Crippen molar-refractivity contribution in [3.63, 3.8) is 0 Å². The van der Waals surface area contributed by atoms with Gasteiger partial charge in [-0.05, 0) is 51.7 Å². The van der Waals surface area contributed by atoms with E-state index in [9.17, 15) is 0 Å². The van der Waals surface area contributed by atoms with Crippen molar-refractivity contribution in [1.29, 1.82) is 0 Å². The summed E-state index contributed by atoms with van der Waals surface area (Å²) in [6.45, 7) is 0.739. The number of fused-ring (bicyclic) bond motifs is 1. The molecule has 0 amide bonds.